The van der Waals surface area contributed by atoms with E-state index in [0.717, 1.165) is 31.0 Å². The van der Waals surface area contributed by atoms with E-state index in [9.17, 15) is 0 Å². The molecule has 2 heterocycles. The molecule has 1 unspecified atom stereocenters. The molecule has 6 heteroatoms. The molecule has 0 saturated carbocycles. The number of anilines is 2. The van der Waals surface area contributed by atoms with Crippen molar-refractivity contribution in [1.82, 2.24) is 14.9 Å². The maximum absolute atomic E-state index is 5.35. The van der Waals surface area contributed by atoms with Crippen LogP contribution in [0.2, 0.25) is 0 Å². The summed E-state index contributed by atoms with van der Waals surface area (Å²) in [7, 11) is 2.15. The summed E-state index contributed by atoms with van der Waals surface area (Å²) in [6.07, 6.45) is 1.81. The van der Waals surface area contributed by atoms with E-state index < -0.39 is 0 Å². The third kappa shape index (κ3) is 2.48. The molecule has 1 aromatic heterocycles. The van der Waals surface area contributed by atoms with Gasteiger partial charge in [0.25, 0.3) is 0 Å². The fourth-order valence-corrected chi connectivity index (χ4v) is 2.25. The fraction of sp³-hybridized carbons (Fsp3) is 0.636. The van der Waals surface area contributed by atoms with Crippen LogP contribution in [0.25, 0.3) is 0 Å². The highest BCUT2D eigenvalue weighted by molar-refractivity contribution is 5.50. The number of aryl methyl sites for hydroxylation is 1. The molecule has 1 aliphatic heterocycles. The van der Waals surface area contributed by atoms with E-state index in [1.807, 2.05) is 13.1 Å². The minimum absolute atomic E-state index is 0.452. The van der Waals surface area contributed by atoms with Crippen molar-refractivity contribution >= 4 is 11.8 Å². The number of piperazine rings is 1. The third-order valence-electron chi connectivity index (χ3n) is 3.18. The van der Waals surface area contributed by atoms with Crippen LogP contribution in [0.3, 0.4) is 0 Å². The molecular weight excluding hydrogens is 216 g/mol. The molecule has 1 atom stereocenters. The van der Waals surface area contributed by atoms with Crippen LogP contribution in [0.15, 0.2) is 6.20 Å². The van der Waals surface area contributed by atoms with Gasteiger partial charge in [-0.25, -0.2) is 10.8 Å². The molecule has 1 saturated heterocycles. The Labute approximate surface area is 102 Å². The summed E-state index contributed by atoms with van der Waals surface area (Å²) in [5, 5.41) is 0. The Kier molecular flexibility index (Phi) is 3.44. The highest BCUT2D eigenvalue weighted by atomic mass is 15.3. The first-order valence-electron chi connectivity index (χ1n) is 5.87. The van der Waals surface area contributed by atoms with Crippen LogP contribution in [0.1, 0.15) is 12.5 Å². The molecule has 0 amide bonds. The molecule has 0 aliphatic carbocycles. The monoisotopic (exact) mass is 236 g/mol. The number of nitrogens with two attached hydrogens (primary N) is 1. The Balaban J connectivity index is 2.26. The van der Waals surface area contributed by atoms with Gasteiger partial charge in [-0.2, -0.15) is 4.98 Å². The largest absolute Gasteiger partial charge is 0.351 e. The minimum Gasteiger partial charge on any atom is -0.351 e. The van der Waals surface area contributed by atoms with Crippen molar-refractivity contribution in [2.75, 3.05) is 37.0 Å². The van der Waals surface area contributed by atoms with Crippen LogP contribution in [0.5, 0.6) is 0 Å². The molecule has 94 valence electrons. The van der Waals surface area contributed by atoms with E-state index in [2.05, 4.69) is 39.2 Å². The summed E-state index contributed by atoms with van der Waals surface area (Å²) < 4.78 is 0. The van der Waals surface area contributed by atoms with Gasteiger partial charge >= 0.3 is 0 Å². The van der Waals surface area contributed by atoms with Gasteiger partial charge in [0.1, 0.15) is 5.82 Å². The Morgan fingerprint density at radius 2 is 2.24 bits per heavy atom. The van der Waals surface area contributed by atoms with E-state index in [-0.39, 0.29) is 0 Å². The number of aromatic nitrogens is 2. The van der Waals surface area contributed by atoms with Gasteiger partial charge in [-0.15, -0.1) is 0 Å². The summed E-state index contributed by atoms with van der Waals surface area (Å²) in [6, 6.07) is 0.452. The molecule has 1 fully saturated rings. The van der Waals surface area contributed by atoms with E-state index in [0.29, 0.717) is 12.0 Å². The van der Waals surface area contributed by atoms with Gasteiger partial charge in [-0.05, 0) is 20.9 Å². The molecule has 0 radical (unpaired) electrons. The normalized spacial score (nSPS) is 21.6. The minimum atomic E-state index is 0.452. The number of nitrogens with zero attached hydrogens (tertiary/aromatic N) is 4. The van der Waals surface area contributed by atoms with Crippen LogP contribution in [-0.2, 0) is 0 Å². The second-order valence-corrected chi connectivity index (χ2v) is 4.65. The van der Waals surface area contributed by atoms with Gasteiger partial charge in [-0.1, -0.05) is 0 Å². The highest BCUT2D eigenvalue weighted by Gasteiger charge is 2.24. The van der Waals surface area contributed by atoms with Gasteiger partial charge in [0.15, 0.2) is 0 Å². The molecule has 6 nitrogen and oxygen atoms in total. The smallest absolute Gasteiger partial charge is 0.239 e. The Morgan fingerprint density at radius 3 is 2.88 bits per heavy atom. The number of hydrogen-bond donors (Lipinski definition) is 2. The van der Waals surface area contributed by atoms with Crippen LogP contribution in [0.4, 0.5) is 11.8 Å². The third-order valence-corrected chi connectivity index (χ3v) is 3.18. The number of rotatable bonds is 2. The van der Waals surface area contributed by atoms with Crippen molar-refractivity contribution < 1.29 is 0 Å². The molecule has 17 heavy (non-hydrogen) atoms. The second kappa shape index (κ2) is 4.85. The lowest BCUT2D eigenvalue weighted by molar-refractivity contribution is 0.274. The predicted molar refractivity (Wildman–Crippen MR) is 68.9 cm³/mol. The topological polar surface area (TPSA) is 70.3 Å². The lowest BCUT2D eigenvalue weighted by Crippen LogP contribution is -2.51. The first-order valence-corrected chi connectivity index (χ1v) is 5.87. The van der Waals surface area contributed by atoms with Gasteiger partial charge in [-0.3, -0.25) is 5.43 Å². The molecule has 3 N–H and O–H groups in total. The highest BCUT2D eigenvalue weighted by Crippen LogP contribution is 2.22. The van der Waals surface area contributed by atoms with Crippen molar-refractivity contribution in [2.45, 2.75) is 19.9 Å². The van der Waals surface area contributed by atoms with Gasteiger partial charge in [0.05, 0.1) is 0 Å². The van der Waals surface area contributed by atoms with Gasteiger partial charge in [0.2, 0.25) is 5.95 Å². The average Bonchev–Trinajstić information content (AvgIpc) is 2.30. The van der Waals surface area contributed by atoms with E-state index in [1.165, 1.54) is 0 Å². The number of hydrogen-bond acceptors (Lipinski definition) is 6. The second-order valence-electron chi connectivity index (χ2n) is 4.65. The van der Waals surface area contributed by atoms with Gasteiger partial charge < -0.3 is 9.80 Å². The first kappa shape index (κ1) is 12.1. The first-order chi connectivity index (χ1) is 8.11. The quantitative estimate of drug-likeness (QED) is 0.565. The predicted octanol–water partition coefficient (Wildman–Crippen LogP) is 0.211. The van der Waals surface area contributed by atoms with Crippen LogP contribution < -0.4 is 16.2 Å². The maximum atomic E-state index is 5.35. The van der Waals surface area contributed by atoms with E-state index in [1.54, 1.807) is 0 Å². The summed E-state index contributed by atoms with van der Waals surface area (Å²) in [6.45, 7) is 7.33. The molecule has 0 spiro atoms. The Morgan fingerprint density at radius 1 is 1.47 bits per heavy atom. The number of nitrogen functional groups attached to an aromatic ring is 1. The average molecular weight is 236 g/mol. The molecule has 0 aromatic carbocycles. The fourth-order valence-electron chi connectivity index (χ4n) is 2.25. The van der Waals surface area contributed by atoms with E-state index >= 15 is 0 Å². The molecule has 0 bridgehead atoms. The zero-order valence-electron chi connectivity index (χ0n) is 10.6. The Hall–Kier alpha value is -1.40. The van der Waals surface area contributed by atoms with Gasteiger partial charge in [0, 0.05) is 37.4 Å². The number of likely N-dealkylation sites (N-methyl/N-ethyl adjacent to an activating group) is 1. The lowest BCUT2D eigenvalue weighted by atomic mass is 10.2. The van der Waals surface area contributed by atoms with Crippen molar-refractivity contribution in [3.05, 3.63) is 11.8 Å². The Bertz CT molecular complexity index is 394. The van der Waals surface area contributed by atoms with E-state index in [4.69, 9.17) is 5.84 Å². The zero-order chi connectivity index (χ0) is 12.4. The molecule has 1 aliphatic rings. The zero-order valence-corrected chi connectivity index (χ0v) is 10.6. The number of hydrazine groups is 1. The summed E-state index contributed by atoms with van der Waals surface area (Å²) in [4.78, 5) is 13.2. The van der Waals surface area contributed by atoms with Crippen LogP contribution in [-0.4, -0.2) is 47.6 Å². The van der Waals surface area contributed by atoms with Crippen molar-refractivity contribution in [3.63, 3.8) is 0 Å². The van der Waals surface area contributed by atoms with Crippen molar-refractivity contribution in [3.8, 4) is 0 Å². The molecular formula is C11H20N6. The summed E-state index contributed by atoms with van der Waals surface area (Å²) >= 11 is 0. The summed E-state index contributed by atoms with van der Waals surface area (Å²) in [5.74, 6) is 6.80. The molecule has 2 rings (SSSR count). The van der Waals surface area contributed by atoms with Crippen LogP contribution >= 0.6 is 0 Å². The van der Waals surface area contributed by atoms with Crippen LogP contribution in [0, 0.1) is 6.92 Å². The number of nitrogens with one attached hydrogen (secondary N) is 1. The SMILES string of the molecule is Cc1cnc(NN)nc1N1CCN(C)CC1C. The molecule has 1 aromatic rings. The summed E-state index contributed by atoms with van der Waals surface area (Å²) in [5.41, 5.74) is 3.58. The standard InChI is InChI=1S/C11H20N6/c1-8-6-13-11(15-12)14-10(8)17-5-4-16(3)7-9(17)2/h6,9H,4-5,7,12H2,1-3H3,(H,13,14,15). The van der Waals surface area contributed by atoms with Crippen molar-refractivity contribution in [2.24, 2.45) is 5.84 Å². The maximum Gasteiger partial charge on any atom is 0.239 e. The lowest BCUT2D eigenvalue weighted by Gasteiger charge is -2.39. The van der Waals surface area contributed by atoms with Crippen molar-refractivity contribution in [1.29, 1.82) is 0 Å².